The van der Waals surface area contributed by atoms with Gasteiger partial charge in [0.1, 0.15) is 6.10 Å². The highest BCUT2D eigenvalue weighted by Crippen LogP contribution is 2.22. The minimum atomic E-state index is -0.0996. The van der Waals surface area contributed by atoms with Gasteiger partial charge in [-0.05, 0) is 25.3 Å². The van der Waals surface area contributed by atoms with E-state index in [1.807, 2.05) is 41.9 Å². The minimum absolute atomic E-state index is 0.0183. The van der Waals surface area contributed by atoms with E-state index < -0.39 is 0 Å². The Labute approximate surface area is 146 Å². The van der Waals surface area contributed by atoms with Gasteiger partial charge in [0.2, 0.25) is 0 Å². The van der Waals surface area contributed by atoms with Crippen molar-refractivity contribution >= 4 is 17.4 Å². The molecule has 3 rings (SSSR count). The van der Waals surface area contributed by atoms with Crippen molar-refractivity contribution in [3.05, 3.63) is 40.3 Å². The molecule has 0 bridgehead atoms. The lowest BCUT2D eigenvalue weighted by atomic mass is 10.1. The summed E-state index contributed by atoms with van der Waals surface area (Å²) in [6, 6.07) is 4.23. The molecule has 0 aromatic carbocycles. The number of morpholine rings is 1. The van der Waals surface area contributed by atoms with Crippen molar-refractivity contribution in [3.63, 3.8) is 0 Å². The lowest BCUT2D eigenvalue weighted by molar-refractivity contribution is -0.0157. The second-order valence-electron chi connectivity index (χ2n) is 6.07. The fraction of sp³-hybridized carbons (Fsp3) is 0.529. The summed E-state index contributed by atoms with van der Waals surface area (Å²) in [6.07, 6.45) is 4.58. The predicted octanol–water partition coefficient (Wildman–Crippen LogP) is 2.68. The summed E-state index contributed by atoms with van der Waals surface area (Å²) in [4.78, 5) is 15.6. The first kappa shape index (κ1) is 17.0. The first-order valence-corrected chi connectivity index (χ1v) is 9.25. The molecule has 0 radical (unpaired) electrons. The standard InChI is InChI=1S/C17H24N4O2S/c1-3-21-11-14(10-18-21)16-12-20(6-7-23-16)17(22)19-13(2)9-15-5-4-8-24-15/h4-5,8,10-11,13,16H,3,6-7,9,12H2,1-2H3,(H,19,22). The first-order valence-electron chi connectivity index (χ1n) is 8.37. The van der Waals surface area contributed by atoms with Crippen LogP contribution in [0.4, 0.5) is 4.79 Å². The second kappa shape index (κ2) is 7.81. The first-order chi connectivity index (χ1) is 11.7. The molecule has 2 atom stereocenters. The number of nitrogens with zero attached hydrogens (tertiary/aromatic N) is 3. The van der Waals surface area contributed by atoms with Gasteiger partial charge in [0, 0.05) is 42.2 Å². The van der Waals surface area contributed by atoms with Crippen molar-refractivity contribution in [2.45, 2.75) is 39.0 Å². The molecule has 1 saturated heterocycles. The molecule has 130 valence electrons. The molecule has 2 aromatic heterocycles. The highest BCUT2D eigenvalue weighted by Gasteiger charge is 2.27. The van der Waals surface area contributed by atoms with Crippen LogP contribution in [0.3, 0.4) is 0 Å². The van der Waals surface area contributed by atoms with Crippen molar-refractivity contribution in [2.75, 3.05) is 19.7 Å². The van der Waals surface area contributed by atoms with Crippen LogP contribution in [-0.4, -0.2) is 46.4 Å². The van der Waals surface area contributed by atoms with E-state index in [1.165, 1.54) is 4.88 Å². The molecular weight excluding hydrogens is 324 g/mol. The highest BCUT2D eigenvalue weighted by molar-refractivity contribution is 7.09. The topological polar surface area (TPSA) is 59.4 Å². The Morgan fingerprint density at radius 1 is 1.58 bits per heavy atom. The molecule has 6 nitrogen and oxygen atoms in total. The fourth-order valence-electron chi connectivity index (χ4n) is 2.84. The van der Waals surface area contributed by atoms with Crippen LogP contribution in [0.15, 0.2) is 29.9 Å². The fourth-order valence-corrected chi connectivity index (χ4v) is 3.67. The normalized spacial score (nSPS) is 19.2. The van der Waals surface area contributed by atoms with Crippen LogP contribution in [0, 0.1) is 0 Å². The smallest absolute Gasteiger partial charge is 0.317 e. The molecule has 0 aliphatic carbocycles. The Hall–Kier alpha value is -1.86. The quantitative estimate of drug-likeness (QED) is 0.904. The molecule has 1 aliphatic heterocycles. The SMILES string of the molecule is CCn1cc(C2CN(C(=O)NC(C)Cc3cccs3)CCO2)cn1. The molecule has 1 N–H and O–H groups in total. The van der Waals surface area contributed by atoms with Gasteiger partial charge in [0.25, 0.3) is 0 Å². The number of aromatic nitrogens is 2. The number of carbonyl (C=O) groups excluding carboxylic acids is 1. The van der Waals surface area contributed by atoms with Gasteiger partial charge in [-0.15, -0.1) is 11.3 Å². The third-order valence-corrected chi connectivity index (χ3v) is 5.06. The number of rotatable bonds is 5. The third-order valence-electron chi connectivity index (χ3n) is 4.16. The summed E-state index contributed by atoms with van der Waals surface area (Å²) in [5, 5.41) is 9.44. The number of urea groups is 1. The van der Waals surface area contributed by atoms with E-state index in [1.54, 1.807) is 11.3 Å². The number of ether oxygens (including phenoxy) is 1. The lowest BCUT2D eigenvalue weighted by Gasteiger charge is -2.33. The Bertz CT molecular complexity index is 655. The zero-order valence-electron chi connectivity index (χ0n) is 14.1. The summed E-state index contributed by atoms with van der Waals surface area (Å²) in [7, 11) is 0. The van der Waals surface area contributed by atoms with Crippen LogP contribution in [0.2, 0.25) is 0 Å². The number of aryl methyl sites for hydroxylation is 1. The minimum Gasteiger partial charge on any atom is -0.370 e. The molecule has 2 amide bonds. The predicted molar refractivity (Wildman–Crippen MR) is 94.2 cm³/mol. The number of hydrogen-bond acceptors (Lipinski definition) is 4. The van der Waals surface area contributed by atoms with Gasteiger partial charge in [-0.25, -0.2) is 4.79 Å². The molecule has 0 saturated carbocycles. The molecular formula is C17H24N4O2S. The Morgan fingerprint density at radius 3 is 3.17 bits per heavy atom. The molecule has 3 heterocycles. The van der Waals surface area contributed by atoms with Crippen molar-refractivity contribution in [1.82, 2.24) is 20.0 Å². The summed E-state index contributed by atoms with van der Waals surface area (Å²) >= 11 is 1.72. The van der Waals surface area contributed by atoms with E-state index in [2.05, 4.69) is 21.9 Å². The van der Waals surface area contributed by atoms with Crippen LogP contribution in [0.1, 0.15) is 30.4 Å². The number of thiophene rings is 1. The molecule has 24 heavy (non-hydrogen) atoms. The maximum Gasteiger partial charge on any atom is 0.317 e. The summed E-state index contributed by atoms with van der Waals surface area (Å²) in [5.41, 5.74) is 1.03. The largest absolute Gasteiger partial charge is 0.370 e. The van der Waals surface area contributed by atoms with Gasteiger partial charge in [-0.3, -0.25) is 4.68 Å². The molecule has 7 heteroatoms. The average molecular weight is 348 g/mol. The second-order valence-corrected chi connectivity index (χ2v) is 7.10. The van der Waals surface area contributed by atoms with Gasteiger partial charge in [-0.1, -0.05) is 6.07 Å². The zero-order chi connectivity index (χ0) is 16.9. The van der Waals surface area contributed by atoms with Gasteiger partial charge in [0.15, 0.2) is 0 Å². The number of carbonyl (C=O) groups is 1. The number of amides is 2. The third kappa shape index (κ3) is 4.15. The van der Waals surface area contributed by atoms with E-state index in [0.29, 0.717) is 19.7 Å². The van der Waals surface area contributed by atoms with Gasteiger partial charge in [0.05, 0.1) is 19.3 Å². The summed E-state index contributed by atoms with van der Waals surface area (Å²) in [5.74, 6) is 0. The van der Waals surface area contributed by atoms with Gasteiger partial charge >= 0.3 is 6.03 Å². The Morgan fingerprint density at radius 2 is 2.46 bits per heavy atom. The van der Waals surface area contributed by atoms with Crippen molar-refractivity contribution in [1.29, 1.82) is 0 Å². The van der Waals surface area contributed by atoms with E-state index in [0.717, 1.165) is 18.5 Å². The Balaban J connectivity index is 1.54. The molecule has 1 aliphatic rings. The van der Waals surface area contributed by atoms with E-state index in [9.17, 15) is 4.79 Å². The maximum absolute atomic E-state index is 12.5. The maximum atomic E-state index is 12.5. The van der Waals surface area contributed by atoms with Crippen molar-refractivity contribution in [2.24, 2.45) is 0 Å². The molecule has 1 fully saturated rings. The summed E-state index contributed by atoms with van der Waals surface area (Å²) < 4.78 is 7.69. The number of nitrogens with one attached hydrogen (secondary N) is 1. The van der Waals surface area contributed by atoms with Gasteiger partial charge in [-0.2, -0.15) is 5.10 Å². The lowest BCUT2D eigenvalue weighted by Crippen LogP contribution is -2.49. The Kier molecular flexibility index (Phi) is 5.52. The molecule has 2 unspecified atom stereocenters. The van der Waals surface area contributed by atoms with Crippen LogP contribution in [0.25, 0.3) is 0 Å². The van der Waals surface area contributed by atoms with Gasteiger partial charge < -0.3 is 15.0 Å². The van der Waals surface area contributed by atoms with Crippen LogP contribution in [0.5, 0.6) is 0 Å². The van der Waals surface area contributed by atoms with Crippen molar-refractivity contribution in [3.8, 4) is 0 Å². The molecule has 0 spiro atoms. The number of hydrogen-bond donors (Lipinski definition) is 1. The van der Waals surface area contributed by atoms with Crippen LogP contribution < -0.4 is 5.32 Å². The average Bonchev–Trinajstić information content (AvgIpc) is 3.26. The zero-order valence-corrected chi connectivity index (χ0v) is 15.0. The monoisotopic (exact) mass is 348 g/mol. The van der Waals surface area contributed by atoms with Crippen molar-refractivity contribution < 1.29 is 9.53 Å². The van der Waals surface area contributed by atoms with E-state index in [4.69, 9.17) is 4.74 Å². The van der Waals surface area contributed by atoms with Crippen LogP contribution in [-0.2, 0) is 17.7 Å². The van der Waals surface area contributed by atoms with E-state index >= 15 is 0 Å². The highest BCUT2D eigenvalue weighted by atomic mass is 32.1. The summed E-state index contributed by atoms with van der Waals surface area (Å²) in [6.45, 7) is 6.66. The molecule has 2 aromatic rings. The van der Waals surface area contributed by atoms with Crippen LogP contribution >= 0.6 is 11.3 Å². The van der Waals surface area contributed by atoms with E-state index in [-0.39, 0.29) is 18.2 Å².